The summed E-state index contributed by atoms with van der Waals surface area (Å²) in [6, 6.07) is 8.36. The van der Waals surface area contributed by atoms with E-state index in [0.29, 0.717) is 0 Å². The van der Waals surface area contributed by atoms with Crippen LogP contribution in [-0.4, -0.2) is 19.3 Å². The summed E-state index contributed by atoms with van der Waals surface area (Å²) in [5, 5.41) is 0. The molecule has 3 aliphatic rings. The lowest BCUT2D eigenvalue weighted by atomic mass is 9.78. The van der Waals surface area contributed by atoms with Crippen molar-refractivity contribution in [3.8, 4) is 0 Å². The van der Waals surface area contributed by atoms with E-state index >= 15 is 0 Å². The molecule has 0 aromatic heterocycles. The van der Waals surface area contributed by atoms with Crippen molar-refractivity contribution >= 4 is 0 Å². The topological polar surface area (TPSA) is 27.7 Å². The van der Waals surface area contributed by atoms with Crippen LogP contribution in [-0.2, 0) is 26.6 Å². The molecule has 1 aromatic carbocycles. The lowest BCUT2D eigenvalue weighted by Crippen LogP contribution is -2.62. The zero-order valence-electron chi connectivity index (χ0n) is 12.6. The first-order valence-electron chi connectivity index (χ1n) is 7.69. The molecule has 0 amide bonds. The van der Waals surface area contributed by atoms with Crippen molar-refractivity contribution in [1.82, 2.24) is 0 Å². The fourth-order valence-electron chi connectivity index (χ4n) is 3.25. The van der Waals surface area contributed by atoms with Crippen molar-refractivity contribution in [3.05, 3.63) is 35.4 Å². The number of rotatable bonds is 4. The van der Waals surface area contributed by atoms with E-state index < -0.39 is 5.97 Å². The molecule has 1 aromatic rings. The average Bonchev–Trinajstić information content (AvgIpc) is 2.49. The number of ether oxygens (including phenoxy) is 3. The number of aryl methyl sites for hydroxylation is 1. The third-order valence-electron chi connectivity index (χ3n) is 4.76. The van der Waals surface area contributed by atoms with E-state index in [-0.39, 0.29) is 11.5 Å². The van der Waals surface area contributed by atoms with E-state index in [1.54, 1.807) is 0 Å². The maximum Gasteiger partial charge on any atom is 0.312 e. The molecule has 3 heteroatoms. The Labute approximate surface area is 121 Å². The Morgan fingerprint density at radius 2 is 1.75 bits per heavy atom. The van der Waals surface area contributed by atoms with Gasteiger partial charge in [0.15, 0.2) is 0 Å². The molecule has 0 N–H and O–H groups in total. The predicted octanol–water partition coefficient (Wildman–Crippen LogP) is 3.61. The van der Waals surface area contributed by atoms with Crippen molar-refractivity contribution in [2.24, 2.45) is 5.41 Å². The summed E-state index contributed by atoms with van der Waals surface area (Å²) in [4.78, 5) is 0. The highest BCUT2D eigenvalue weighted by Gasteiger charge is 2.56. The van der Waals surface area contributed by atoms with Gasteiger partial charge in [-0.05, 0) is 25.3 Å². The molecule has 110 valence electrons. The van der Waals surface area contributed by atoms with Crippen LogP contribution in [0.5, 0.6) is 0 Å². The first-order chi connectivity index (χ1) is 9.64. The van der Waals surface area contributed by atoms with Crippen LogP contribution in [0.1, 0.15) is 44.7 Å². The summed E-state index contributed by atoms with van der Waals surface area (Å²) in [5.41, 5.74) is 2.30. The zero-order valence-corrected chi connectivity index (χ0v) is 12.6. The monoisotopic (exact) mass is 276 g/mol. The minimum atomic E-state index is -0.985. The summed E-state index contributed by atoms with van der Waals surface area (Å²) >= 11 is 0. The molecular weight excluding hydrogens is 252 g/mol. The molecule has 1 atom stereocenters. The van der Waals surface area contributed by atoms with Crippen LogP contribution in [0.3, 0.4) is 0 Å². The minimum absolute atomic E-state index is 0.0276. The third-order valence-corrected chi connectivity index (χ3v) is 4.76. The Bertz CT molecular complexity index is 458. The molecule has 3 aliphatic heterocycles. The molecule has 3 fully saturated rings. The molecule has 3 saturated heterocycles. The standard InChI is InChI=1S/C17H24O3/c1-4-10-16-11-18-17(19-12-16,20-13(16)3)15-8-6-14(5-2)7-9-15/h6-9,13H,4-5,10-12H2,1-3H3. The summed E-state index contributed by atoms with van der Waals surface area (Å²) in [5.74, 6) is -0.985. The fourth-order valence-corrected chi connectivity index (χ4v) is 3.25. The average molecular weight is 276 g/mol. The van der Waals surface area contributed by atoms with Crippen molar-refractivity contribution in [2.45, 2.75) is 52.1 Å². The Balaban J connectivity index is 1.85. The van der Waals surface area contributed by atoms with Gasteiger partial charge in [-0.3, -0.25) is 0 Å². The van der Waals surface area contributed by atoms with E-state index in [1.165, 1.54) is 5.56 Å². The van der Waals surface area contributed by atoms with Gasteiger partial charge in [0.1, 0.15) is 0 Å². The molecule has 3 heterocycles. The van der Waals surface area contributed by atoms with Gasteiger partial charge in [0, 0.05) is 11.0 Å². The van der Waals surface area contributed by atoms with Crippen molar-refractivity contribution < 1.29 is 14.2 Å². The SMILES string of the molecule is CCCC12COC(c3ccc(CC)cc3)(OC1)OC2C. The largest absolute Gasteiger partial charge is 0.323 e. The molecule has 20 heavy (non-hydrogen) atoms. The van der Waals surface area contributed by atoms with E-state index in [9.17, 15) is 0 Å². The van der Waals surface area contributed by atoms with E-state index in [0.717, 1.165) is 38.0 Å². The van der Waals surface area contributed by atoms with Gasteiger partial charge in [0.25, 0.3) is 0 Å². The van der Waals surface area contributed by atoms with Crippen LogP contribution in [0.4, 0.5) is 0 Å². The minimum Gasteiger partial charge on any atom is -0.323 e. The first kappa shape index (κ1) is 14.1. The zero-order chi connectivity index (χ0) is 14.2. The lowest BCUT2D eigenvalue weighted by molar-refractivity contribution is -0.498. The summed E-state index contributed by atoms with van der Waals surface area (Å²) in [7, 11) is 0. The van der Waals surface area contributed by atoms with Gasteiger partial charge in [-0.25, -0.2) is 0 Å². The normalized spacial score (nSPS) is 36.2. The number of benzene rings is 1. The molecule has 1 unspecified atom stereocenters. The van der Waals surface area contributed by atoms with Crippen LogP contribution >= 0.6 is 0 Å². The van der Waals surface area contributed by atoms with Gasteiger partial charge in [-0.15, -0.1) is 0 Å². The highest BCUT2D eigenvalue weighted by atomic mass is 16.9. The summed E-state index contributed by atoms with van der Waals surface area (Å²) < 4.78 is 18.2. The number of hydrogen-bond donors (Lipinski definition) is 0. The van der Waals surface area contributed by atoms with Crippen molar-refractivity contribution in [2.75, 3.05) is 13.2 Å². The van der Waals surface area contributed by atoms with Crippen molar-refractivity contribution in [3.63, 3.8) is 0 Å². The van der Waals surface area contributed by atoms with Crippen LogP contribution < -0.4 is 0 Å². The van der Waals surface area contributed by atoms with Gasteiger partial charge in [-0.2, -0.15) is 0 Å². The molecule has 3 nitrogen and oxygen atoms in total. The van der Waals surface area contributed by atoms with Gasteiger partial charge < -0.3 is 14.2 Å². The van der Waals surface area contributed by atoms with Gasteiger partial charge in [0.05, 0.1) is 19.3 Å². The summed E-state index contributed by atoms with van der Waals surface area (Å²) in [6.45, 7) is 7.94. The van der Waals surface area contributed by atoms with Crippen LogP contribution in [0.15, 0.2) is 24.3 Å². The predicted molar refractivity (Wildman–Crippen MR) is 77.3 cm³/mol. The maximum atomic E-state index is 6.14. The summed E-state index contributed by atoms with van der Waals surface area (Å²) in [6.07, 6.45) is 3.40. The van der Waals surface area contributed by atoms with Gasteiger partial charge in [0.2, 0.25) is 0 Å². The second-order valence-electron chi connectivity index (χ2n) is 6.06. The quantitative estimate of drug-likeness (QED) is 0.840. The molecule has 0 radical (unpaired) electrons. The second-order valence-corrected chi connectivity index (χ2v) is 6.06. The highest BCUT2D eigenvalue weighted by Crippen LogP contribution is 2.49. The molecule has 0 aliphatic carbocycles. The third kappa shape index (κ3) is 2.09. The molecular formula is C17H24O3. The van der Waals surface area contributed by atoms with E-state index in [2.05, 4.69) is 45.0 Å². The Morgan fingerprint density at radius 1 is 1.10 bits per heavy atom. The second kappa shape index (κ2) is 5.14. The maximum absolute atomic E-state index is 6.14. The van der Waals surface area contributed by atoms with Gasteiger partial charge in [-0.1, -0.05) is 44.5 Å². The smallest absolute Gasteiger partial charge is 0.312 e. The van der Waals surface area contributed by atoms with E-state index in [4.69, 9.17) is 14.2 Å². The molecule has 0 spiro atoms. The van der Waals surface area contributed by atoms with Gasteiger partial charge >= 0.3 is 5.97 Å². The van der Waals surface area contributed by atoms with Crippen molar-refractivity contribution in [1.29, 1.82) is 0 Å². The fraction of sp³-hybridized carbons (Fsp3) is 0.647. The molecule has 2 bridgehead atoms. The first-order valence-corrected chi connectivity index (χ1v) is 7.69. The molecule has 4 rings (SSSR count). The Hall–Kier alpha value is -0.900. The van der Waals surface area contributed by atoms with Crippen LogP contribution in [0.25, 0.3) is 0 Å². The number of hydrogen-bond acceptors (Lipinski definition) is 3. The van der Waals surface area contributed by atoms with Crippen LogP contribution in [0, 0.1) is 5.41 Å². The van der Waals surface area contributed by atoms with E-state index in [1.807, 2.05) is 0 Å². The highest BCUT2D eigenvalue weighted by molar-refractivity contribution is 5.25. The molecule has 0 saturated carbocycles. The Morgan fingerprint density at radius 3 is 2.25 bits per heavy atom. The van der Waals surface area contributed by atoms with Crippen LogP contribution in [0.2, 0.25) is 0 Å². The number of fused-ring (bicyclic) bond motifs is 3. The Kier molecular flexibility index (Phi) is 3.61. The lowest BCUT2D eigenvalue weighted by Gasteiger charge is -2.55.